The van der Waals surface area contributed by atoms with E-state index in [2.05, 4.69) is 13.0 Å². The van der Waals surface area contributed by atoms with Crippen LogP contribution in [-0.4, -0.2) is 5.78 Å². The van der Waals surface area contributed by atoms with Crippen LogP contribution in [0.4, 0.5) is 0 Å². The van der Waals surface area contributed by atoms with E-state index in [4.69, 9.17) is 0 Å². The third-order valence-electron chi connectivity index (χ3n) is 25.9. The van der Waals surface area contributed by atoms with Crippen LogP contribution in [0.5, 0.6) is 0 Å². The molecule has 69 heavy (non-hydrogen) atoms. The molecule has 1 nitrogen and oxygen atoms in total. The number of hydrogen-bond acceptors (Lipinski definition) is 1. The zero-order chi connectivity index (χ0) is 41.3. The molecular formula is C68H12O. The van der Waals surface area contributed by atoms with Crippen molar-refractivity contribution in [2.75, 3.05) is 0 Å². The fraction of sp³-hybridized carbons (Fsp3) is 0.103. The van der Waals surface area contributed by atoms with Crippen LogP contribution in [0, 0.1) is 5.92 Å². The highest BCUT2D eigenvalue weighted by molar-refractivity contribution is 6.82. The molecule has 0 bridgehead atoms. The van der Waals surface area contributed by atoms with Gasteiger partial charge in [-0.15, -0.1) is 0 Å². The topological polar surface area (TPSA) is 17.1 Å². The molecule has 33 rings (SSSR count). The van der Waals surface area contributed by atoms with E-state index in [9.17, 15) is 4.79 Å². The normalized spacial score (nSPS) is 23.9. The Hall–Kier alpha value is -8.13. The molecule has 28 aromatic rings. The molecule has 5 aliphatic rings. The fourth-order valence-corrected chi connectivity index (χ4v) is 25.8. The second-order valence-electron chi connectivity index (χ2n) is 25.9. The van der Waals surface area contributed by atoms with E-state index < -0.39 is 0 Å². The van der Waals surface area contributed by atoms with Gasteiger partial charge in [0.15, 0.2) is 5.78 Å². The molecule has 0 radical (unpaired) electrons. The van der Waals surface area contributed by atoms with E-state index in [-0.39, 0.29) is 16.7 Å². The maximum Gasteiger partial charge on any atom is 0.155 e. The lowest BCUT2D eigenvalue weighted by atomic mass is 9.41. The summed E-state index contributed by atoms with van der Waals surface area (Å²) < 4.78 is 0. The lowest BCUT2D eigenvalue weighted by molar-refractivity contribution is -0.114. The monoisotopic (exact) mass is 844 g/mol. The summed E-state index contributed by atoms with van der Waals surface area (Å²) >= 11 is 0. The highest BCUT2D eigenvalue weighted by Gasteiger charge is 2.72. The molecule has 1 heteroatoms. The number of benzene rings is 18. The summed E-state index contributed by atoms with van der Waals surface area (Å²) in [4.78, 5) is 14.7. The van der Waals surface area contributed by atoms with Crippen molar-refractivity contribution in [2.45, 2.75) is 37.5 Å². The third-order valence-corrected chi connectivity index (χ3v) is 25.9. The Morgan fingerprint density at radius 1 is 0.319 bits per heavy atom. The highest BCUT2D eigenvalue weighted by Crippen LogP contribution is 2.86. The van der Waals surface area contributed by atoms with E-state index in [1.165, 1.54) is 0 Å². The van der Waals surface area contributed by atoms with Gasteiger partial charge in [-0.2, -0.15) is 0 Å². The number of carbonyl (C=O) groups excluding carboxylic acids is 1. The molecular weight excluding hydrogens is 833 g/mol. The summed E-state index contributed by atoms with van der Waals surface area (Å²) in [6, 6.07) is 0. The number of allylic oxidation sites excluding steroid dienone is 2. The van der Waals surface area contributed by atoms with Gasteiger partial charge in [0.05, 0.1) is 0 Å². The molecule has 28 aromatic carbocycles. The molecule has 0 N–H and O–H groups in total. The van der Waals surface area contributed by atoms with Crippen LogP contribution in [0.2, 0.25) is 0 Å². The first-order chi connectivity index (χ1) is 34.2. The van der Waals surface area contributed by atoms with Crippen LogP contribution >= 0.6 is 0 Å². The van der Waals surface area contributed by atoms with E-state index in [1.807, 2.05) is 6.92 Å². The first-order valence-electron chi connectivity index (χ1n) is 26.2. The zero-order valence-corrected chi connectivity index (χ0v) is 36.0. The molecule has 5 aliphatic carbocycles. The van der Waals surface area contributed by atoms with E-state index >= 15 is 0 Å². The van der Waals surface area contributed by atoms with Crippen LogP contribution < -0.4 is 0 Å². The average Bonchev–Trinajstić information content (AvgIpc) is 4.21. The van der Waals surface area contributed by atoms with Crippen molar-refractivity contribution in [3.05, 3.63) is 33.9 Å². The van der Waals surface area contributed by atoms with E-state index in [0.29, 0.717) is 5.78 Å². The molecule has 1 unspecified atom stereocenters. The number of carbonyl (C=O) groups is 1. The SMILES string of the molecule is CCC1C=C(C(C)=O)CC23c4c5c6c7c8c9c(c%10c%11c2c2c4c4c%12c5c5c6c6c8c8c%13c9c9c%10c%10c%11c%11c2c2c4c4c%12c%12c5c5c6c8c6c8c%13c9c9c%10c%10c%11c2c2c4c4c%12c5c6c5c8c9c%10c2c45)C713. The zero-order valence-electron chi connectivity index (χ0n) is 36.0. The summed E-state index contributed by atoms with van der Waals surface area (Å²) in [5, 5.41) is 88.6. The van der Waals surface area contributed by atoms with Gasteiger partial charge in [0.25, 0.3) is 0 Å². The van der Waals surface area contributed by atoms with Crippen molar-refractivity contribution in [1.29, 1.82) is 0 Å². The van der Waals surface area contributed by atoms with Gasteiger partial charge in [-0.1, -0.05) is 13.0 Å². The standard InChI is InChI=1S/C68H12O/c1-3-8-4-7(6(2)69)5-67-63-55-47-37-27-19-11-9-10-13-17-15(11)23-31-25(17)35-29-21(13)22-14(10)18-16-12(9)20(19)28-34-24(16)32-26(18)36-30(22)40-39(29)51-45(35)53-43(31)49(41(47)33(23)27)57(63)59(53)65-61(51)62-52(40)46(36)54-44(32)50-42(34)48(38(28)37)56(55)64(67)58(50)60(54)66(62)68(8,65)67/h4,8H,3,5H2,1-2H3. The molecule has 1 atom stereocenters. The Balaban J connectivity index is 1.22. The Bertz CT molecular complexity index is 7050. The number of ketones is 1. The lowest BCUT2D eigenvalue weighted by Gasteiger charge is -2.59. The van der Waals surface area contributed by atoms with Gasteiger partial charge in [-0.3, -0.25) is 4.79 Å². The van der Waals surface area contributed by atoms with Gasteiger partial charge >= 0.3 is 0 Å². The summed E-state index contributed by atoms with van der Waals surface area (Å²) in [7, 11) is 0. The lowest BCUT2D eigenvalue weighted by Crippen LogP contribution is -2.58. The van der Waals surface area contributed by atoms with Crippen LogP contribution in [-0.2, 0) is 15.6 Å². The predicted molar refractivity (Wildman–Crippen MR) is 291 cm³/mol. The third kappa shape index (κ3) is 1.35. The summed E-state index contributed by atoms with van der Waals surface area (Å²) in [6.07, 6.45) is 4.45. The van der Waals surface area contributed by atoms with Crippen molar-refractivity contribution in [3.63, 3.8) is 0 Å². The number of hydrogen-bond donors (Lipinski definition) is 0. The quantitative estimate of drug-likeness (QED) is 0.158. The van der Waals surface area contributed by atoms with Crippen LogP contribution in [0.25, 0.3) is 291 Å². The molecule has 290 valence electrons. The van der Waals surface area contributed by atoms with Crippen molar-refractivity contribution in [3.8, 4) is 0 Å². The van der Waals surface area contributed by atoms with Crippen LogP contribution in [0.3, 0.4) is 0 Å². The summed E-state index contributed by atoms with van der Waals surface area (Å²) in [6.45, 7) is 4.42. The molecule has 0 fully saturated rings. The van der Waals surface area contributed by atoms with Gasteiger partial charge in [0, 0.05) is 10.8 Å². The van der Waals surface area contributed by atoms with Crippen LogP contribution in [0.15, 0.2) is 11.6 Å². The van der Waals surface area contributed by atoms with Gasteiger partial charge < -0.3 is 0 Å². The maximum absolute atomic E-state index is 14.7. The van der Waals surface area contributed by atoms with Gasteiger partial charge in [0.1, 0.15) is 0 Å². The van der Waals surface area contributed by atoms with Crippen molar-refractivity contribution < 1.29 is 4.79 Å². The molecule has 0 amide bonds. The maximum atomic E-state index is 14.7. The Labute approximate surface area is 376 Å². The van der Waals surface area contributed by atoms with Gasteiger partial charge in [0.2, 0.25) is 0 Å². The van der Waals surface area contributed by atoms with Crippen molar-refractivity contribution in [1.82, 2.24) is 0 Å². The minimum absolute atomic E-state index is 0.195. The Kier molecular flexibility index (Phi) is 2.16. The van der Waals surface area contributed by atoms with E-state index in [0.717, 1.165) is 18.4 Å². The molecule has 2 spiro atoms. The number of rotatable bonds is 2. The van der Waals surface area contributed by atoms with Crippen molar-refractivity contribution >= 4 is 297 Å². The summed E-state index contributed by atoms with van der Waals surface area (Å²) in [5.41, 5.74) is 7.22. The Morgan fingerprint density at radius 3 is 0.667 bits per heavy atom. The Morgan fingerprint density at radius 2 is 0.493 bits per heavy atom. The average molecular weight is 845 g/mol. The van der Waals surface area contributed by atoms with Crippen molar-refractivity contribution in [2.24, 2.45) is 5.92 Å². The minimum Gasteiger partial charge on any atom is -0.295 e. The molecule has 0 aliphatic heterocycles. The number of Topliss-reactive ketones (excluding diaryl/α,β-unsaturated/α-hetero) is 1. The second kappa shape index (κ2) is 5.76. The second-order valence-corrected chi connectivity index (χ2v) is 25.9. The van der Waals surface area contributed by atoms with E-state index in [1.54, 1.807) is 313 Å². The van der Waals surface area contributed by atoms with Gasteiger partial charge in [-0.05, 0) is 344 Å². The first-order valence-corrected chi connectivity index (χ1v) is 26.2. The first kappa shape index (κ1) is 25.9. The minimum atomic E-state index is -0.380. The molecule has 0 aromatic heterocycles. The predicted octanol–water partition coefficient (Wildman–Crippen LogP) is 18.2. The fourth-order valence-electron chi connectivity index (χ4n) is 25.8. The smallest absolute Gasteiger partial charge is 0.155 e. The largest absolute Gasteiger partial charge is 0.295 e. The summed E-state index contributed by atoms with van der Waals surface area (Å²) in [5.74, 6) is 0.488. The van der Waals surface area contributed by atoms with Crippen LogP contribution in [0.1, 0.15) is 48.9 Å². The molecule has 0 heterocycles. The molecule has 0 saturated heterocycles. The highest BCUT2D eigenvalue weighted by atomic mass is 16.1. The van der Waals surface area contributed by atoms with Gasteiger partial charge in [-0.25, -0.2) is 0 Å². The molecule has 0 saturated carbocycles.